The lowest BCUT2D eigenvalue weighted by Crippen LogP contribution is -2.41. The zero-order valence-corrected chi connectivity index (χ0v) is 21.5. The normalized spacial score (nSPS) is 15.1. The molecule has 0 aliphatic carbocycles. The molecule has 2 aromatic carbocycles. The average Bonchev–Trinajstić information content (AvgIpc) is 3.33. The summed E-state index contributed by atoms with van der Waals surface area (Å²) in [4.78, 5) is 36.4. The summed E-state index contributed by atoms with van der Waals surface area (Å²) in [5.74, 6) is -1.59. The Morgan fingerprint density at radius 3 is 2.57 bits per heavy atom. The van der Waals surface area contributed by atoms with Crippen LogP contribution in [0.3, 0.4) is 0 Å². The Kier molecular flexibility index (Phi) is 9.39. The van der Waals surface area contributed by atoms with Crippen molar-refractivity contribution in [2.24, 2.45) is 5.10 Å². The molecule has 0 saturated carbocycles. The van der Waals surface area contributed by atoms with Crippen LogP contribution in [0, 0.1) is 20.8 Å². The van der Waals surface area contributed by atoms with Crippen molar-refractivity contribution in [3.05, 3.63) is 57.1 Å². The Labute approximate surface area is 212 Å². The van der Waals surface area contributed by atoms with E-state index in [9.17, 15) is 14.4 Å². The number of carbonyl (C=O) groups excluding carboxylic acids is 3. The second kappa shape index (κ2) is 12.5. The number of benzene rings is 2. The van der Waals surface area contributed by atoms with Crippen LogP contribution in [0.25, 0.3) is 0 Å². The number of halogens is 1. The highest BCUT2D eigenvalue weighted by molar-refractivity contribution is 9.10. The monoisotopic (exact) mass is 544 g/mol. The van der Waals surface area contributed by atoms with Gasteiger partial charge >= 0.3 is 11.8 Å². The topological polar surface area (TPSA) is 118 Å². The minimum absolute atomic E-state index is 0.0623. The van der Waals surface area contributed by atoms with E-state index >= 15 is 0 Å². The van der Waals surface area contributed by atoms with Gasteiger partial charge in [0.25, 0.3) is 5.91 Å². The number of rotatable bonds is 8. The molecule has 1 atom stereocenters. The summed E-state index contributed by atoms with van der Waals surface area (Å²) >= 11 is 3.38. The Balaban J connectivity index is 1.55. The largest absolute Gasteiger partial charge is 0.483 e. The van der Waals surface area contributed by atoms with Crippen LogP contribution in [0.15, 0.2) is 39.9 Å². The third-order valence-corrected chi connectivity index (χ3v) is 5.86. The number of aryl methyl sites for hydroxylation is 3. The Bertz CT molecular complexity index is 1110. The molecule has 9 nitrogen and oxygen atoms in total. The predicted molar refractivity (Wildman–Crippen MR) is 137 cm³/mol. The van der Waals surface area contributed by atoms with Gasteiger partial charge in [0.2, 0.25) is 0 Å². The molecule has 10 heteroatoms. The first-order chi connectivity index (χ1) is 16.7. The maximum absolute atomic E-state index is 12.5. The van der Waals surface area contributed by atoms with Crippen molar-refractivity contribution < 1.29 is 23.9 Å². The maximum Gasteiger partial charge on any atom is 0.329 e. The van der Waals surface area contributed by atoms with E-state index in [0.717, 1.165) is 39.7 Å². The molecule has 1 aliphatic heterocycles. The van der Waals surface area contributed by atoms with E-state index in [4.69, 9.17) is 9.47 Å². The number of carbonyl (C=O) groups is 3. The van der Waals surface area contributed by atoms with Crippen molar-refractivity contribution in [2.75, 3.05) is 25.1 Å². The van der Waals surface area contributed by atoms with Gasteiger partial charge in [-0.25, -0.2) is 5.43 Å². The number of hydrazone groups is 1. The van der Waals surface area contributed by atoms with Crippen molar-refractivity contribution in [3.8, 4) is 5.75 Å². The van der Waals surface area contributed by atoms with Crippen LogP contribution < -0.4 is 20.8 Å². The quantitative estimate of drug-likeness (QED) is 0.268. The van der Waals surface area contributed by atoms with Crippen LogP contribution in [0.5, 0.6) is 5.75 Å². The maximum atomic E-state index is 12.5. The molecule has 2 aromatic rings. The molecule has 1 saturated heterocycles. The van der Waals surface area contributed by atoms with E-state index in [1.54, 1.807) is 18.2 Å². The van der Waals surface area contributed by atoms with Crippen LogP contribution >= 0.6 is 15.9 Å². The van der Waals surface area contributed by atoms with Gasteiger partial charge in [0, 0.05) is 28.9 Å². The van der Waals surface area contributed by atoms with E-state index in [1.165, 1.54) is 6.21 Å². The molecule has 0 bridgehead atoms. The number of hydrogen-bond acceptors (Lipinski definition) is 6. The number of nitrogens with zero attached hydrogens (tertiary/aromatic N) is 1. The van der Waals surface area contributed by atoms with Crippen LogP contribution in [0.2, 0.25) is 0 Å². The zero-order valence-electron chi connectivity index (χ0n) is 19.9. The average molecular weight is 545 g/mol. The molecular weight excluding hydrogens is 516 g/mol. The summed E-state index contributed by atoms with van der Waals surface area (Å²) in [6.07, 6.45) is 3.08. The number of nitrogens with one attached hydrogen (secondary N) is 3. The van der Waals surface area contributed by atoms with Crippen LogP contribution in [0.4, 0.5) is 5.69 Å². The van der Waals surface area contributed by atoms with E-state index in [-0.39, 0.29) is 25.2 Å². The highest BCUT2D eigenvalue weighted by Crippen LogP contribution is 2.23. The summed E-state index contributed by atoms with van der Waals surface area (Å²) in [6, 6.07) is 9.16. The van der Waals surface area contributed by atoms with Crippen molar-refractivity contribution >= 4 is 45.6 Å². The minimum atomic E-state index is -0.889. The molecule has 1 fully saturated rings. The zero-order chi connectivity index (χ0) is 25.4. The van der Waals surface area contributed by atoms with Crippen molar-refractivity contribution in [2.45, 2.75) is 39.7 Å². The summed E-state index contributed by atoms with van der Waals surface area (Å²) in [5.41, 5.74) is 6.55. The van der Waals surface area contributed by atoms with Gasteiger partial charge in [-0.05, 0) is 62.9 Å². The lowest BCUT2D eigenvalue weighted by Gasteiger charge is -2.14. The summed E-state index contributed by atoms with van der Waals surface area (Å²) in [7, 11) is 0. The molecule has 186 valence electrons. The highest BCUT2D eigenvalue weighted by Gasteiger charge is 2.19. The first-order valence-electron chi connectivity index (χ1n) is 11.3. The van der Waals surface area contributed by atoms with Crippen LogP contribution in [-0.2, 0) is 19.1 Å². The fourth-order valence-corrected chi connectivity index (χ4v) is 4.13. The molecule has 0 aromatic heterocycles. The Hall–Kier alpha value is -3.24. The Morgan fingerprint density at radius 2 is 1.89 bits per heavy atom. The molecule has 0 spiro atoms. The molecule has 3 amide bonds. The highest BCUT2D eigenvalue weighted by atomic mass is 79.9. The van der Waals surface area contributed by atoms with Gasteiger partial charge in [-0.15, -0.1) is 0 Å². The second-order valence-electron chi connectivity index (χ2n) is 8.34. The van der Waals surface area contributed by atoms with Gasteiger partial charge in [-0.2, -0.15) is 5.10 Å². The second-order valence-corrected chi connectivity index (χ2v) is 9.25. The van der Waals surface area contributed by atoms with E-state index < -0.39 is 11.8 Å². The van der Waals surface area contributed by atoms with E-state index in [2.05, 4.69) is 37.1 Å². The van der Waals surface area contributed by atoms with Gasteiger partial charge in [-0.3, -0.25) is 14.4 Å². The molecule has 3 rings (SSSR count). The molecule has 1 heterocycles. The Morgan fingerprint density at radius 1 is 1.14 bits per heavy atom. The first-order valence-corrected chi connectivity index (χ1v) is 12.0. The molecular formula is C25H29BrN4O5. The van der Waals surface area contributed by atoms with E-state index in [0.29, 0.717) is 17.9 Å². The standard InChI is InChI=1S/C25H29BrN4O5/c1-15-9-16(2)23(17(3)10-15)29-22(31)14-35-21-7-6-19(26)11-18(21)12-28-30-25(33)24(32)27-13-20-5-4-8-34-20/h6-7,9-12,20H,4-5,8,13-14H2,1-3H3,(H,27,32)(H,29,31)(H,30,33)/b28-12-/t20-/m1/s1. The molecule has 35 heavy (non-hydrogen) atoms. The number of hydrogen-bond donors (Lipinski definition) is 3. The molecule has 0 radical (unpaired) electrons. The number of anilines is 1. The fourth-order valence-electron chi connectivity index (χ4n) is 3.75. The number of amides is 3. The van der Waals surface area contributed by atoms with Crippen LogP contribution in [-0.4, -0.2) is 49.8 Å². The fraction of sp³-hybridized carbons (Fsp3) is 0.360. The minimum Gasteiger partial charge on any atom is -0.483 e. The molecule has 3 N–H and O–H groups in total. The third-order valence-electron chi connectivity index (χ3n) is 5.36. The molecule has 0 unspecified atom stereocenters. The number of ether oxygens (including phenoxy) is 2. The van der Waals surface area contributed by atoms with Gasteiger partial charge in [-0.1, -0.05) is 33.6 Å². The van der Waals surface area contributed by atoms with Gasteiger partial charge in [0.05, 0.1) is 12.3 Å². The third kappa shape index (κ3) is 7.90. The van der Waals surface area contributed by atoms with Gasteiger partial charge in [0.15, 0.2) is 6.61 Å². The lowest BCUT2D eigenvalue weighted by atomic mass is 10.1. The predicted octanol–water partition coefficient (Wildman–Crippen LogP) is 3.14. The first kappa shape index (κ1) is 26.4. The lowest BCUT2D eigenvalue weighted by molar-refractivity contribution is -0.139. The van der Waals surface area contributed by atoms with Gasteiger partial charge < -0.3 is 20.1 Å². The summed E-state index contributed by atoms with van der Waals surface area (Å²) in [6.45, 7) is 6.62. The van der Waals surface area contributed by atoms with E-state index in [1.807, 2.05) is 32.9 Å². The van der Waals surface area contributed by atoms with Gasteiger partial charge in [0.1, 0.15) is 5.75 Å². The van der Waals surface area contributed by atoms with Crippen molar-refractivity contribution in [3.63, 3.8) is 0 Å². The van der Waals surface area contributed by atoms with Crippen molar-refractivity contribution in [1.29, 1.82) is 0 Å². The summed E-state index contributed by atoms with van der Waals surface area (Å²) in [5, 5.41) is 9.28. The SMILES string of the molecule is Cc1cc(C)c(NC(=O)COc2ccc(Br)cc2/C=N\NC(=O)C(=O)NC[C@H]2CCCO2)c(C)c1. The summed E-state index contributed by atoms with van der Waals surface area (Å²) < 4.78 is 11.9. The smallest absolute Gasteiger partial charge is 0.329 e. The molecule has 1 aliphatic rings. The van der Waals surface area contributed by atoms with Crippen molar-refractivity contribution in [1.82, 2.24) is 10.7 Å². The van der Waals surface area contributed by atoms with Crippen LogP contribution in [0.1, 0.15) is 35.1 Å².